The summed E-state index contributed by atoms with van der Waals surface area (Å²) in [5.74, 6) is 0.232. The summed E-state index contributed by atoms with van der Waals surface area (Å²) in [7, 11) is -3.81. The maximum Gasteiger partial charge on any atom is 0.339 e. The maximum atomic E-state index is 12.1. The molecule has 0 aliphatic heterocycles. The second kappa shape index (κ2) is 6.38. The largest absolute Gasteiger partial charge is 0.379 e. The number of rotatable bonds is 5. The molecule has 0 spiro atoms. The minimum Gasteiger partial charge on any atom is -0.379 e. The Kier molecular flexibility index (Phi) is 5.12. The fourth-order valence-electron chi connectivity index (χ4n) is 1.44. The molecule has 0 saturated heterocycles. The Balaban J connectivity index is 3.13. The van der Waals surface area contributed by atoms with E-state index in [1.54, 1.807) is 37.3 Å². The lowest BCUT2D eigenvalue weighted by Gasteiger charge is -2.09. The maximum absolute atomic E-state index is 12.1. The standard InChI is InChI=1S/C15H18O3S/c1-5-7-14(8-6-2)18-19(16,17)15-10-9-12(3)13(4)11-15/h5-11H,1H2,2-4H3/b8-6-,14-7+. The number of aryl methyl sites for hydroxylation is 2. The van der Waals surface area contributed by atoms with Crippen LogP contribution in [0.15, 0.2) is 59.7 Å². The van der Waals surface area contributed by atoms with Gasteiger partial charge in [-0.1, -0.05) is 24.8 Å². The number of hydrogen-bond donors (Lipinski definition) is 0. The molecule has 0 heterocycles. The lowest BCUT2D eigenvalue weighted by atomic mass is 10.1. The molecule has 0 bridgehead atoms. The van der Waals surface area contributed by atoms with Crippen LogP contribution in [0.2, 0.25) is 0 Å². The van der Waals surface area contributed by atoms with Crippen molar-refractivity contribution < 1.29 is 12.6 Å². The minimum atomic E-state index is -3.81. The second-order valence-electron chi connectivity index (χ2n) is 4.09. The van der Waals surface area contributed by atoms with E-state index in [1.807, 2.05) is 13.8 Å². The molecule has 0 saturated carbocycles. The van der Waals surface area contributed by atoms with Gasteiger partial charge in [0.2, 0.25) is 0 Å². The molecule has 0 unspecified atom stereocenters. The van der Waals surface area contributed by atoms with E-state index in [-0.39, 0.29) is 10.7 Å². The molecule has 0 amide bonds. The van der Waals surface area contributed by atoms with Gasteiger partial charge in [0.1, 0.15) is 10.7 Å². The van der Waals surface area contributed by atoms with Crippen molar-refractivity contribution in [1.29, 1.82) is 0 Å². The molecule has 0 fully saturated rings. The van der Waals surface area contributed by atoms with Gasteiger partial charge in [0.05, 0.1) is 0 Å². The molecule has 102 valence electrons. The Bertz CT molecular complexity index is 623. The third-order valence-corrected chi connectivity index (χ3v) is 3.83. The lowest BCUT2D eigenvalue weighted by Crippen LogP contribution is -2.06. The molecule has 0 atom stereocenters. The summed E-state index contributed by atoms with van der Waals surface area (Å²) >= 11 is 0. The van der Waals surface area contributed by atoms with Crippen molar-refractivity contribution in [1.82, 2.24) is 0 Å². The Hall–Kier alpha value is -1.81. The predicted molar refractivity (Wildman–Crippen MR) is 77.3 cm³/mol. The van der Waals surface area contributed by atoms with E-state index in [2.05, 4.69) is 6.58 Å². The van der Waals surface area contributed by atoms with Crippen LogP contribution in [0, 0.1) is 13.8 Å². The first-order valence-corrected chi connectivity index (χ1v) is 7.28. The highest BCUT2D eigenvalue weighted by atomic mass is 32.2. The third kappa shape index (κ3) is 4.10. The van der Waals surface area contributed by atoms with E-state index in [4.69, 9.17) is 4.18 Å². The SMILES string of the molecule is C=C/C=C(\C=C/C)OS(=O)(=O)c1ccc(C)c(C)c1. The van der Waals surface area contributed by atoms with Crippen LogP contribution in [0.5, 0.6) is 0 Å². The van der Waals surface area contributed by atoms with Crippen molar-refractivity contribution in [2.45, 2.75) is 25.7 Å². The normalized spacial score (nSPS) is 12.7. The van der Waals surface area contributed by atoms with Gasteiger partial charge in [0.15, 0.2) is 0 Å². The molecule has 0 N–H and O–H groups in total. The Morgan fingerprint density at radius 1 is 1.26 bits per heavy atom. The van der Waals surface area contributed by atoms with E-state index in [1.165, 1.54) is 12.2 Å². The highest BCUT2D eigenvalue weighted by Gasteiger charge is 2.17. The van der Waals surface area contributed by atoms with Crippen LogP contribution in [0.4, 0.5) is 0 Å². The van der Waals surface area contributed by atoms with Crippen LogP contribution in [0.1, 0.15) is 18.1 Å². The van der Waals surface area contributed by atoms with Gasteiger partial charge >= 0.3 is 10.1 Å². The summed E-state index contributed by atoms with van der Waals surface area (Å²) in [6, 6.07) is 4.91. The quantitative estimate of drug-likeness (QED) is 0.469. The molecule has 0 aliphatic rings. The van der Waals surface area contributed by atoms with Crippen molar-refractivity contribution >= 4 is 10.1 Å². The zero-order valence-corrected chi connectivity index (χ0v) is 12.2. The fourth-order valence-corrected chi connectivity index (χ4v) is 2.45. The summed E-state index contributed by atoms with van der Waals surface area (Å²) in [5, 5.41) is 0. The number of benzene rings is 1. The second-order valence-corrected chi connectivity index (χ2v) is 5.63. The van der Waals surface area contributed by atoms with Crippen LogP contribution in [-0.2, 0) is 14.3 Å². The average Bonchev–Trinajstić information content (AvgIpc) is 2.32. The number of allylic oxidation sites excluding steroid dienone is 4. The van der Waals surface area contributed by atoms with E-state index in [9.17, 15) is 8.42 Å². The fraction of sp³-hybridized carbons (Fsp3) is 0.200. The van der Waals surface area contributed by atoms with Crippen LogP contribution in [-0.4, -0.2) is 8.42 Å². The zero-order chi connectivity index (χ0) is 14.5. The molecule has 1 rings (SSSR count). The summed E-state index contributed by atoms with van der Waals surface area (Å²) < 4.78 is 29.3. The van der Waals surface area contributed by atoms with E-state index in [0.29, 0.717) is 0 Å². The predicted octanol–water partition coefficient (Wildman–Crippen LogP) is 3.65. The first kappa shape index (κ1) is 15.2. The minimum absolute atomic E-state index is 0.148. The van der Waals surface area contributed by atoms with Crippen molar-refractivity contribution in [3.63, 3.8) is 0 Å². The van der Waals surface area contributed by atoms with Crippen molar-refractivity contribution in [2.75, 3.05) is 0 Å². The van der Waals surface area contributed by atoms with Crippen molar-refractivity contribution in [3.05, 3.63) is 66.0 Å². The summed E-state index contributed by atoms with van der Waals surface area (Å²) in [4.78, 5) is 0.148. The van der Waals surface area contributed by atoms with E-state index >= 15 is 0 Å². The lowest BCUT2D eigenvalue weighted by molar-refractivity contribution is 0.419. The molecule has 0 aromatic heterocycles. The molecule has 19 heavy (non-hydrogen) atoms. The van der Waals surface area contributed by atoms with Crippen molar-refractivity contribution in [2.24, 2.45) is 0 Å². The highest BCUT2D eigenvalue weighted by molar-refractivity contribution is 7.86. The van der Waals surface area contributed by atoms with Gasteiger partial charge in [-0.25, -0.2) is 0 Å². The van der Waals surface area contributed by atoms with Gasteiger partial charge in [-0.05, 0) is 56.2 Å². The first-order chi connectivity index (χ1) is 8.90. The highest BCUT2D eigenvalue weighted by Crippen LogP contribution is 2.19. The third-order valence-electron chi connectivity index (χ3n) is 2.59. The molecule has 0 radical (unpaired) electrons. The molecule has 4 heteroatoms. The topological polar surface area (TPSA) is 43.4 Å². The summed E-state index contributed by atoms with van der Waals surface area (Å²) in [6.07, 6.45) is 6.25. The van der Waals surface area contributed by atoms with E-state index < -0.39 is 10.1 Å². The van der Waals surface area contributed by atoms with Gasteiger partial charge < -0.3 is 4.18 Å². The molecule has 1 aromatic carbocycles. The molecular weight excluding hydrogens is 260 g/mol. The molecule has 3 nitrogen and oxygen atoms in total. The van der Waals surface area contributed by atoms with Crippen LogP contribution < -0.4 is 0 Å². The van der Waals surface area contributed by atoms with Gasteiger partial charge in [0.25, 0.3) is 0 Å². The van der Waals surface area contributed by atoms with Gasteiger partial charge in [-0.3, -0.25) is 0 Å². The Labute approximate surface area is 115 Å². The molecule has 1 aromatic rings. The van der Waals surface area contributed by atoms with Crippen LogP contribution in [0.3, 0.4) is 0 Å². The summed E-state index contributed by atoms with van der Waals surface area (Å²) in [6.45, 7) is 9.09. The molecular formula is C15H18O3S. The van der Waals surface area contributed by atoms with Crippen LogP contribution in [0.25, 0.3) is 0 Å². The Morgan fingerprint density at radius 2 is 1.95 bits per heavy atom. The number of hydrogen-bond acceptors (Lipinski definition) is 3. The zero-order valence-electron chi connectivity index (χ0n) is 11.4. The monoisotopic (exact) mass is 278 g/mol. The van der Waals surface area contributed by atoms with Gasteiger partial charge in [0, 0.05) is 0 Å². The molecule has 0 aliphatic carbocycles. The first-order valence-electron chi connectivity index (χ1n) is 5.88. The van der Waals surface area contributed by atoms with Gasteiger partial charge in [-0.2, -0.15) is 8.42 Å². The average molecular weight is 278 g/mol. The smallest absolute Gasteiger partial charge is 0.339 e. The van der Waals surface area contributed by atoms with E-state index in [0.717, 1.165) is 11.1 Å². The van der Waals surface area contributed by atoms with Gasteiger partial charge in [-0.15, -0.1) is 0 Å². The summed E-state index contributed by atoms with van der Waals surface area (Å²) in [5.41, 5.74) is 1.94. The van der Waals surface area contributed by atoms with Crippen molar-refractivity contribution in [3.8, 4) is 0 Å². The van der Waals surface area contributed by atoms with Crippen LogP contribution >= 0.6 is 0 Å². The Morgan fingerprint density at radius 3 is 2.47 bits per heavy atom.